The van der Waals surface area contributed by atoms with Crippen LogP contribution in [-0.2, 0) is 18.9 Å². The highest BCUT2D eigenvalue weighted by Crippen LogP contribution is 2.19. The Bertz CT molecular complexity index is 192. The van der Waals surface area contributed by atoms with Crippen LogP contribution in [0.1, 0.15) is 19.3 Å². The van der Waals surface area contributed by atoms with Crippen molar-refractivity contribution in [1.82, 2.24) is 5.32 Å². The van der Waals surface area contributed by atoms with Crippen molar-refractivity contribution < 1.29 is 18.9 Å². The van der Waals surface area contributed by atoms with Gasteiger partial charge in [-0.25, -0.2) is 0 Å². The molecule has 1 heterocycles. The molecular formula is C13H27NO4. The minimum atomic E-state index is 0.261. The molecule has 1 aliphatic heterocycles. The Labute approximate surface area is 110 Å². The highest BCUT2D eigenvalue weighted by Gasteiger charge is 2.24. The summed E-state index contributed by atoms with van der Waals surface area (Å²) in [7, 11) is 3.65. The molecule has 0 aromatic carbocycles. The van der Waals surface area contributed by atoms with E-state index in [-0.39, 0.29) is 6.10 Å². The minimum absolute atomic E-state index is 0.261. The van der Waals surface area contributed by atoms with Crippen molar-refractivity contribution in [3.63, 3.8) is 0 Å². The summed E-state index contributed by atoms with van der Waals surface area (Å²) < 4.78 is 21.7. The zero-order valence-electron chi connectivity index (χ0n) is 11.7. The van der Waals surface area contributed by atoms with Crippen LogP contribution < -0.4 is 5.32 Å². The summed E-state index contributed by atoms with van der Waals surface area (Å²) in [5.41, 5.74) is 0. The average Bonchev–Trinajstić information content (AvgIpc) is 2.81. The molecule has 1 N–H and O–H groups in total. The maximum Gasteiger partial charge on any atom is 0.0813 e. The minimum Gasteiger partial charge on any atom is -0.385 e. The first-order chi connectivity index (χ1) is 8.86. The van der Waals surface area contributed by atoms with Gasteiger partial charge in [0.05, 0.1) is 32.0 Å². The van der Waals surface area contributed by atoms with Crippen molar-refractivity contribution in [1.29, 1.82) is 0 Å². The second kappa shape index (κ2) is 10.7. The van der Waals surface area contributed by atoms with Crippen LogP contribution >= 0.6 is 0 Å². The normalized spacial score (nSPS) is 23.7. The number of ether oxygens (including phenoxy) is 4. The van der Waals surface area contributed by atoms with Crippen molar-refractivity contribution in [2.75, 3.05) is 53.7 Å². The number of likely N-dealkylation sites (N-methyl/N-ethyl adjacent to an activating group) is 1. The first-order valence-corrected chi connectivity index (χ1v) is 6.81. The highest BCUT2D eigenvalue weighted by molar-refractivity contribution is 4.74. The van der Waals surface area contributed by atoms with Gasteiger partial charge in [0.1, 0.15) is 0 Å². The number of nitrogens with one attached hydrogen (secondary N) is 1. The van der Waals surface area contributed by atoms with Gasteiger partial charge in [0.15, 0.2) is 0 Å². The smallest absolute Gasteiger partial charge is 0.0813 e. The van der Waals surface area contributed by atoms with Gasteiger partial charge in [0.25, 0.3) is 0 Å². The molecule has 0 saturated carbocycles. The molecule has 108 valence electrons. The molecule has 1 fully saturated rings. The van der Waals surface area contributed by atoms with Crippen LogP contribution in [0.4, 0.5) is 0 Å². The van der Waals surface area contributed by atoms with Crippen LogP contribution in [-0.4, -0.2) is 65.9 Å². The van der Waals surface area contributed by atoms with Gasteiger partial charge < -0.3 is 24.3 Å². The highest BCUT2D eigenvalue weighted by atomic mass is 16.6. The molecule has 1 saturated heterocycles. The molecule has 0 aromatic heterocycles. The first kappa shape index (κ1) is 15.9. The summed E-state index contributed by atoms with van der Waals surface area (Å²) >= 11 is 0. The molecule has 2 atom stereocenters. The molecule has 0 radical (unpaired) electrons. The van der Waals surface area contributed by atoms with Crippen molar-refractivity contribution in [2.24, 2.45) is 0 Å². The second-order valence-electron chi connectivity index (χ2n) is 4.55. The second-order valence-corrected chi connectivity index (χ2v) is 4.55. The molecule has 0 spiro atoms. The van der Waals surface area contributed by atoms with Gasteiger partial charge in [0.2, 0.25) is 0 Å². The number of hydrogen-bond acceptors (Lipinski definition) is 5. The van der Waals surface area contributed by atoms with E-state index in [1.807, 2.05) is 7.05 Å². The Morgan fingerprint density at radius 2 is 1.83 bits per heavy atom. The van der Waals surface area contributed by atoms with Gasteiger partial charge in [0, 0.05) is 26.9 Å². The Kier molecular flexibility index (Phi) is 9.42. The Balaban J connectivity index is 1.84. The van der Waals surface area contributed by atoms with Crippen LogP contribution in [0.25, 0.3) is 0 Å². The van der Waals surface area contributed by atoms with Crippen LogP contribution in [0.2, 0.25) is 0 Å². The van der Waals surface area contributed by atoms with E-state index in [2.05, 4.69) is 5.32 Å². The molecule has 2 unspecified atom stereocenters. The summed E-state index contributed by atoms with van der Waals surface area (Å²) in [6.45, 7) is 4.39. The lowest BCUT2D eigenvalue weighted by atomic mass is 10.2. The lowest BCUT2D eigenvalue weighted by molar-refractivity contribution is -0.0290. The SMILES string of the molecule is CNCC1CCC(COCCOCCCOC)O1. The van der Waals surface area contributed by atoms with Crippen LogP contribution in [0.15, 0.2) is 0 Å². The monoisotopic (exact) mass is 261 g/mol. The molecule has 0 bridgehead atoms. The van der Waals surface area contributed by atoms with E-state index >= 15 is 0 Å². The third-order valence-electron chi connectivity index (χ3n) is 2.94. The summed E-state index contributed by atoms with van der Waals surface area (Å²) in [5, 5.41) is 3.13. The first-order valence-electron chi connectivity index (χ1n) is 6.81. The van der Waals surface area contributed by atoms with E-state index in [0.717, 1.165) is 39.0 Å². The van der Waals surface area contributed by atoms with Crippen LogP contribution in [0.5, 0.6) is 0 Å². The van der Waals surface area contributed by atoms with Gasteiger partial charge in [-0.2, -0.15) is 0 Å². The number of methoxy groups -OCH3 is 1. The van der Waals surface area contributed by atoms with Gasteiger partial charge in [-0.15, -0.1) is 0 Å². The summed E-state index contributed by atoms with van der Waals surface area (Å²) in [6.07, 6.45) is 3.78. The van der Waals surface area contributed by atoms with E-state index in [1.54, 1.807) is 7.11 Å². The van der Waals surface area contributed by atoms with Crippen LogP contribution in [0.3, 0.4) is 0 Å². The molecule has 1 aliphatic rings. The molecule has 18 heavy (non-hydrogen) atoms. The molecule has 5 heteroatoms. The van der Waals surface area contributed by atoms with Gasteiger partial charge in [-0.05, 0) is 26.3 Å². The van der Waals surface area contributed by atoms with Gasteiger partial charge in [-0.1, -0.05) is 0 Å². The van der Waals surface area contributed by atoms with Gasteiger partial charge >= 0.3 is 0 Å². The van der Waals surface area contributed by atoms with Crippen molar-refractivity contribution in [3.05, 3.63) is 0 Å². The lowest BCUT2D eigenvalue weighted by Crippen LogP contribution is -2.25. The van der Waals surface area contributed by atoms with Crippen LogP contribution in [0, 0.1) is 0 Å². The molecule has 0 aromatic rings. The summed E-state index contributed by atoms with van der Waals surface area (Å²) in [6, 6.07) is 0. The van der Waals surface area contributed by atoms with E-state index < -0.39 is 0 Å². The Morgan fingerprint density at radius 1 is 1.06 bits per heavy atom. The molecular weight excluding hydrogens is 234 g/mol. The largest absolute Gasteiger partial charge is 0.385 e. The number of rotatable bonds is 11. The van der Waals surface area contributed by atoms with Crippen molar-refractivity contribution in [3.8, 4) is 0 Å². The fraction of sp³-hybridized carbons (Fsp3) is 1.00. The predicted octanol–water partition coefficient (Wildman–Crippen LogP) is 0.823. The average molecular weight is 261 g/mol. The van der Waals surface area contributed by atoms with Gasteiger partial charge in [-0.3, -0.25) is 0 Å². The Hall–Kier alpha value is -0.200. The topological polar surface area (TPSA) is 49.0 Å². The third-order valence-corrected chi connectivity index (χ3v) is 2.94. The van der Waals surface area contributed by atoms with E-state index in [0.29, 0.717) is 25.9 Å². The maximum absolute atomic E-state index is 5.82. The molecule has 1 rings (SSSR count). The van der Waals surface area contributed by atoms with E-state index in [1.165, 1.54) is 0 Å². The summed E-state index contributed by atoms with van der Waals surface area (Å²) in [4.78, 5) is 0. The summed E-state index contributed by atoms with van der Waals surface area (Å²) in [5.74, 6) is 0. The van der Waals surface area contributed by atoms with Crippen molar-refractivity contribution in [2.45, 2.75) is 31.5 Å². The predicted molar refractivity (Wildman–Crippen MR) is 70.0 cm³/mol. The maximum atomic E-state index is 5.82. The number of hydrogen-bond donors (Lipinski definition) is 1. The zero-order chi connectivity index (χ0) is 13.1. The fourth-order valence-electron chi connectivity index (χ4n) is 2.02. The fourth-order valence-corrected chi connectivity index (χ4v) is 2.02. The lowest BCUT2D eigenvalue weighted by Gasteiger charge is -2.13. The molecule has 0 amide bonds. The third kappa shape index (κ3) is 7.28. The van der Waals surface area contributed by atoms with E-state index in [9.17, 15) is 0 Å². The molecule has 5 nitrogen and oxygen atoms in total. The zero-order valence-corrected chi connectivity index (χ0v) is 11.7. The van der Waals surface area contributed by atoms with E-state index in [4.69, 9.17) is 18.9 Å². The molecule has 0 aliphatic carbocycles. The van der Waals surface area contributed by atoms with Crippen molar-refractivity contribution >= 4 is 0 Å². The standard InChI is InChI=1S/C13H27NO4/c1-14-10-12-4-5-13(18-12)11-17-9-8-16-7-3-6-15-2/h12-14H,3-11H2,1-2H3. The Morgan fingerprint density at radius 3 is 2.61 bits per heavy atom. The quantitative estimate of drug-likeness (QED) is 0.558.